The maximum Gasteiger partial charge on any atom is 0.0806 e. The van der Waals surface area contributed by atoms with Crippen molar-refractivity contribution in [2.45, 2.75) is 76.9 Å². The van der Waals surface area contributed by atoms with E-state index >= 15 is 0 Å². The molecule has 1 heterocycles. The summed E-state index contributed by atoms with van der Waals surface area (Å²) in [6.07, 6.45) is 15.8. The van der Waals surface area contributed by atoms with E-state index in [9.17, 15) is 5.11 Å². The second-order valence-electron chi connectivity index (χ2n) is 12.4. The van der Waals surface area contributed by atoms with E-state index in [1.807, 2.05) is 12.4 Å². The van der Waals surface area contributed by atoms with Crippen LogP contribution in [0.2, 0.25) is 0 Å². The number of nitrogens with zero attached hydrogens (tertiary/aromatic N) is 2. The van der Waals surface area contributed by atoms with Crippen molar-refractivity contribution in [2.24, 2.45) is 28.6 Å². The van der Waals surface area contributed by atoms with E-state index in [-0.39, 0.29) is 5.41 Å². The topological polar surface area (TPSA) is 36.4 Å². The van der Waals surface area contributed by atoms with E-state index in [0.29, 0.717) is 17.3 Å². The normalized spacial score (nSPS) is 42.5. The van der Waals surface area contributed by atoms with Gasteiger partial charge in [0, 0.05) is 29.2 Å². The Morgan fingerprint density at radius 3 is 2.64 bits per heavy atom. The second kappa shape index (κ2) is 7.39. The van der Waals surface area contributed by atoms with Gasteiger partial charge in [-0.25, -0.2) is 0 Å². The first kappa shape index (κ1) is 21.8. The Labute approximate surface area is 199 Å². The van der Waals surface area contributed by atoms with Crippen LogP contribution in [0, 0.1) is 28.6 Å². The van der Waals surface area contributed by atoms with Crippen LogP contribution in [-0.4, -0.2) is 40.7 Å². The third-order valence-electron chi connectivity index (χ3n) is 11.1. The fourth-order valence-electron chi connectivity index (χ4n) is 8.93. The predicted octanol–water partition coefficient (Wildman–Crippen LogP) is 6.32. The number of fused-ring (bicyclic) bond motifs is 6. The maximum absolute atomic E-state index is 12.5. The SMILES string of the molecule is CN(C)[C@H]1CC[C@@]2(C)C(CC[C@@H]3C2CC[C@]2(C)C(c4ccc5ccncc5c4)=CC[C@@]32O)C1. The van der Waals surface area contributed by atoms with Crippen LogP contribution in [0.15, 0.2) is 42.7 Å². The average molecular weight is 445 g/mol. The zero-order valence-corrected chi connectivity index (χ0v) is 20.8. The summed E-state index contributed by atoms with van der Waals surface area (Å²) in [6.45, 7) is 4.96. The van der Waals surface area contributed by atoms with E-state index < -0.39 is 5.60 Å². The molecular weight excluding hydrogens is 404 g/mol. The molecule has 3 heteroatoms. The fraction of sp³-hybridized carbons (Fsp3) is 0.633. The first-order chi connectivity index (χ1) is 15.8. The molecule has 7 atom stereocenters. The highest BCUT2D eigenvalue weighted by Crippen LogP contribution is 2.69. The lowest BCUT2D eigenvalue weighted by Crippen LogP contribution is -2.62. The van der Waals surface area contributed by atoms with Gasteiger partial charge in [-0.2, -0.15) is 0 Å². The number of rotatable bonds is 2. The van der Waals surface area contributed by atoms with Gasteiger partial charge < -0.3 is 10.0 Å². The van der Waals surface area contributed by atoms with Crippen molar-refractivity contribution in [2.75, 3.05) is 14.1 Å². The standard InChI is InChI=1S/C30H40N2O/c1-28-13-9-24(32(3)4)18-23(28)7-8-27-26(28)10-14-29(2)25(11-15-30(27,29)33)21-6-5-20-12-16-31-19-22(20)17-21/h5-6,11-12,16-17,19,23-24,26-27,33H,7-10,13-15,18H2,1-4H3/t23?,24-,26?,27+,28-,29+,30+/m0/s1. The van der Waals surface area contributed by atoms with Gasteiger partial charge in [0.1, 0.15) is 0 Å². The quantitative estimate of drug-likeness (QED) is 0.589. The maximum atomic E-state index is 12.5. The zero-order chi connectivity index (χ0) is 23.0. The van der Waals surface area contributed by atoms with Crippen molar-refractivity contribution in [3.05, 3.63) is 48.3 Å². The smallest absolute Gasteiger partial charge is 0.0806 e. The summed E-state index contributed by atoms with van der Waals surface area (Å²) < 4.78 is 0. The van der Waals surface area contributed by atoms with Gasteiger partial charge in [-0.15, -0.1) is 0 Å². The molecule has 0 spiro atoms. The molecule has 3 fully saturated rings. The molecule has 4 aliphatic rings. The van der Waals surface area contributed by atoms with Crippen LogP contribution < -0.4 is 0 Å². The van der Waals surface area contributed by atoms with Gasteiger partial charge in [0.15, 0.2) is 0 Å². The molecule has 0 amide bonds. The number of aromatic nitrogens is 1. The average Bonchev–Trinajstić information content (AvgIpc) is 3.09. The molecule has 1 N–H and O–H groups in total. The predicted molar refractivity (Wildman–Crippen MR) is 136 cm³/mol. The Morgan fingerprint density at radius 1 is 0.970 bits per heavy atom. The van der Waals surface area contributed by atoms with Gasteiger partial charge in [-0.1, -0.05) is 32.1 Å². The van der Waals surface area contributed by atoms with E-state index in [4.69, 9.17) is 0 Å². The first-order valence-electron chi connectivity index (χ1n) is 13.2. The molecule has 2 aromatic rings. The molecular formula is C30H40N2O. The summed E-state index contributed by atoms with van der Waals surface area (Å²) in [6, 6.07) is 9.58. The van der Waals surface area contributed by atoms with Crippen LogP contribution >= 0.6 is 0 Å². The third-order valence-corrected chi connectivity index (χ3v) is 11.1. The third kappa shape index (κ3) is 2.97. The molecule has 0 saturated heterocycles. The Kier molecular flexibility index (Phi) is 4.88. The molecule has 1 aromatic carbocycles. The van der Waals surface area contributed by atoms with E-state index in [1.165, 1.54) is 60.4 Å². The summed E-state index contributed by atoms with van der Waals surface area (Å²) in [5, 5.41) is 14.9. The van der Waals surface area contributed by atoms with Crippen molar-refractivity contribution < 1.29 is 5.11 Å². The minimum Gasteiger partial charge on any atom is -0.388 e. The van der Waals surface area contributed by atoms with Crippen LogP contribution in [0.5, 0.6) is 0 Å². The molecule has 3 saturated carbocycles. The van der Waals surface area contributed by atoms with E-state index in [1.54, 1.807) is 0 Å². The molecule has 3 nitrogen and oxygen atoms in total. The molecule has 0 bridgehead atoms. The second-order valence-corrected chi connectivity index (χ2v) is 12.4. The van der Waals surface area contributed by atoms with E-state index in [2.05, 4.69) is 68.2 Å². The highest BCUT2D eigenvalue weighted by molar-refractivity contribution is 5.87. The largest absolute Gasteiger partial charge is 0.388 e. The van der Waals surface area contributed by atoms with Crippen molar-refractivity contribution in [3.8, 4) is 0 Å². The molecule has 4 aliphatic carbocycles. The van der Waals surface area contributed by atoms with Crippen LogP contribution in [0.4, 0.5) is 0 Å². The molecule has 2 unspecified atom stereocenters. The number of hydrogen-bond donors (Lipinski definition) is 1. The first-order valence-corrected chi connectivity index (χ1v) is 13.2. The fourth-order valence-corrected chi connectivity index (χ4v) is 8.93. The van der Waals surface area contributed by atoms with Crippen molar-refractivity contribution in [1.29, 1.82) is 0 Å². The Morgan fingerprint density at radius 2 is 1.82 bits per heavy atom. The summed E-state index contributed by atoms with van der Waals surface area (Å²) >= 11 is 0. The van der Waals surface area contributed by atoms with Gasteiger partial charge in [0.05, 0.1) is 5.60 Å². The molecule has 6 rings (SSSR count). The Balaban J connectivity index is 1.32. The highest BCUT2D eigenvalue weighted by Gasteiger charge is 2.65. The molecule has 0 radical (unpaired) electrons. The zero-order valence-electron chi connectivity index (χ0n) is 20.8. The van der Waals surface area contributed by atoms with Gasteiger partial charge in [-0.05, 0) is 117 Å². The molecule has 0 aliphatic heterocycles. The van der Waals surface area contributed by atoms with E-state index in [0.717, 1.165) is 24.8 Å². The van der Waals surface area contributed by atoms with Gasteiger partial charge in [-0.3, -0.25) is 4.98 Å². The number of hydrogen-bond acceptors (Lipinski definition) is 3. The highest BCUT2D eigenvalue weighted by atomic mass is 16.3. The minimum atomic E-state index is -0.610. The Hall–Kier alpha value is -1.71. The monoisotopic (exact) mass is 444 g/mol. The van der Waals surface area contributed by atoms with Crippen molar-refractivity contribution >= 4 is 16.3 Å². The molecule has 33 heavy (non-hydrogen) atoms. The lowest BCUT2D eigenvalue weighted by Gasteiger charge is -2.64. The summed E-state index contributed by atoms with van der Waals surface area (Å²) in [7, 11) is 4.50. The van der Waals surface area contributed by atoms with Gasteiger partial charge in [0.2, 0.25) is 0 Å². The Bertz CT molecular complexity index is 1110. The number of pyridine rings is 1. The summed E-state index contributed by atoms with van der Waals surface area (Å²) in [5.74, 6) is 1.89. The number of aliphatic hydroxyl groups is 1. The van der Waals surface area contributed by atoms with Crippen LogP contribution in [0.1, 0.15) is 70.8 Å². The van der Waals surface area contributed by atoms with Gasteiger partial charge >= 0.3 is 0 Å². The van der Waals surface area contributed by atoms with Crippen molar-refractivity contribution in [1.82, 2.24) is 9.88 Å². The lowest BCUT2D eigenvalue weighted by atomic mass is 9.43. The summed E-state index contributed by atoms with van der Waals surface area (Å²) in [5.41, 5.74) is 2.27. The lowest BCUT2D eigenvalue weighted by molar-refractivity contribution is -0.190. The van der Waals surface area contributed by atoms with Crippen molar-refractivity contribution in [3.63, 3.8) is 0 Å². The summed E-state index contributed by atoms with van der Waals surface area (Å²) in [4.78, 5) is 6.79. The van der Waals surface area contributed by atoms with Crippen LogP contribution in [0.3, 0.4) is 0 Å². The molecule has 176 valence electrons. The minimum absolute atomic E-state index is 0.159. The van der Waals surface area contributed by atoms with Crippen LogP contribution in [0.25, 0.3) is 16.3 Å². The van der Waals surface area contributed by atoms with Crippen LogP contribution in [-0.2, 0) is 0 Å². The number of benzene rings is 1. The molecule has 1 aromatic heterocycles. The van der Waals surface area contributed by atoms with Gasteiger partial charge in [0.25, 0.3) is 0 Å².